The van der Waals surface area contributed by atoms with Crippen LogP contribution in [0.1, 0.15) is 93.6 Å². The number of benzene rings is 1. The Bertz CT molecular complexity index is 551. The summed E-state index contributed by atoms with van der Waals surface area (Å²) < 4.78 is 12.5. The number of ether oxygens (including phenoxy) is 2. The molecule has 1 aromatic rings. The van der Waals surface area contributed by atoms with Crippen molar-refractivity contribution in [3.05, 3.63) is 22.3 Å². The third-order valence-corrected chi connectivity index (χ3v) is 5.26. The maximum atomic E-state index is 10.5. The van der Waals surface area contributed by atoms with Gasteiger partial charge in [-0.15, -0.1) is 0 Å². The first-order valence-electron chi connectivity index (χ1n) is 9.65. The molecule has 1 heterocycles. The van der Waals surface area contributed by atoms with Crippen LogP contribution in [0.15, 0.2) is 0 Å². The lowest BCUT2D eigenvalue weighted by atomic mass is 9.91. The molecule has 24 heavy (non-hydrogen) atoms. The number of unbranched alkanes of at least 4 members (excludes halogenated alkanes) is 4. The van der Waals surface area contributed by atoms with Crippen LogP contribution in [0.25, 0.3) is 0 Å². The Labute approximate surface area is 147 Å². The van der Waals surface area contributed by atoms with Gasteiger partial charge in [-0.2, -0.15) is 0 Å². The lowest BCUT2D eigenvalue weighted by Crippen LogP contribution is -2.30. The van der Waals surface area contributed by atoms with Crippen LogP contribution in [0.4, 0.5) is 0 Å². The molecule has 0 radical (unpaired) electrons. The summed E-state index contributed by atoms with van der Waals surface area (Å²) in [5.41, 5.74) is 3.96. The molecule has 1 aromatic carbocycles. The summed E-state index contributed by atoms with van der Waals surface area (Å²) >= 11 is 0. The van der Waals surface area contributed by atoms with Gasteiger partial charge in [0.05, 0.1) is 6.10 Å². The predicted molar refractivity (Wildman–Crippen MR) is 98.8 cm³/mol. The van der Waals surface area contributed by atoms with Gasteiger partial charge in [-0.25, -0.2) is 0 Å². The number of fused-ring (bicyclic) bond motifs is 1. The van der Waals surface area contributed by atoms with Crippen molar-refractivity contribution >= 4 is 0 Å². The van der Waals surface area contributed by atoms with Crippen molar-refractivity contribution in [2.75, 3.05) is 0 Å². The van der Waals surface area contributed by atoms with Crippen LogP contribution in [0.3, 0.4) is 0 Å². The largest absolute Gasteiger partial charge is 0.507 e. The highest BCUT2D eigenvalue weighted by molar-refractivity contribution is 5.58. The van der Waals surface area contributed by atoms with Gasteiger partial charge in [-0.1, -0.05) is 46.0 Å². The molecule has 2 unspecified atom stereocenters. The minimum Gasteiger partial charge on any atom is -0.507 e. The van der Waals surface area contributed by atoms with Gasteiger partial charge in [0.1, 0.15) is 11.5 Å². The zero-order valence-corrected chi connectivity index (χ0v) is 16.1. The molecule has 0 aliphatic carbocycles. The molecule has 136 valence electrons. The van der Waals surface area contributed by atoms with E-state index < -0.39 is 0 Å². The van der Waals surface area contributed by atoms with Crippen molar-refractivity contribution in [2.24, 2.45) is 0 Å². The van der Waals surface area contributed by atoms with Crippen LogP contribution in [0, 0.1) is 20.8 Å². The summed E-state index contributed by atoms with van der Waals surface area (Å²) in [6.07, 6.45) is 8.93. The molecule has 0 fully saturated rings. The minimum absolute atomic E-state index is 0.0390. The van der Waals surface area contributed by atoms with Gasteiger partial charge in [0.15, 0.2) is 0 Å². The minimum atomic E-state index is -0.155. The average Bonchev–Trinajstić information content (AvgIpc) is 2.58. The van der Waals surface area contributed by atoms with Gasteiger partial charge in [-0.3, -0.25) is 0 Å². The summed E-state index contributed by atoms with van der Waals surface area (Å²) in [5, 5.41) is 10.5. The smallest absolute Gasteiger partial charge is 0.200 e. The van der Waals surface area contributed by atoms with Crippen molar-refractivity contribution in [3.63, 3.8) is 0 Å². The van der Waals surface area contributed by atoms with E-state index in [1.54, 1.807) is 0 Å². The summed E-state index contributed by atoms with van der Waals surface area (Å²) in [4.78, 5) is 0. The van der Waals surface area contributed by atoms with Crippen LogP contribution in [-0.2, 0) is 4.74 Å². The van der Waals surface area contributed by atoms with Crippen molar-refractivity contribution in [2.45, 2.75) is 98.4 Å². The maximum Gasteiger partial charge on any atom is 0.200 e. The standard InChI is InChI=1S/C21H34O3/c1-6-8-10-12-17-19-16(5)20(22)14(3)15(4)21(19)24-18(23-17)13-11-9-7-2/h17-18,22H,6-13H2,1-5H3. The Balaban J connectivity index is 2.30. The van der Waals surface area contributed by atoms with Crippen LogP contribution in [0.2, 0.25) is 0 Å². The first-order chi connectivity index (χ1) is 11.5. The van der Waals surface area contributed by atoms with Crippen molar-refractivity contribution < 1.29 is 14.6 Å². The molecule has 2 atom stereocenters. The van der Waals surface area contributed by atoms with Crippen molar-refractivity contribution in [1.29, 1.82) is 0 Å². The highest BCUT2D eigenvalue weighted by Gasteiger charge is 2.33. The first-order valence-corrected chi connectivity index (χ1v) is 9.65. The van der Waals surface area contributed by atoms with E-state index in [0.29, 0.717) is 5.75 Å². The lowest BCUT2D eigenvalue weighted by molar-refractivity contribution is -0.147. The van der Waals surface area contributed by atoms with Crippen LogP contribution in [-0.4, -0.2) is 11.4 Å². The van der Waals surface area contributed by atoms with E-state index in [4.69, 9.17) is 9.47 Å². The molecule has 1 aliphatic rings. The Morgan fingerprint density at radius 1 is 0.833 bits per heavy atom. The fourth-order valence-corrected chi connectivity index (χ4v) is 3.56. The van der Waals surface area contributed by atoms with Gasteiger partial charge < -0.3 is 14.6 Å². The Kier molecular flexibility index (Phi) is 6.97. The van der Waals surface area contributed by atoms with Gasteiger partial charge in [0, 0.05) is 17.5 Å². The second-order valence-corrected chi connectivity index (χ2v) is 7.13. The zero-order chi connectivity index (χ0) is 17.7. The van der Waals surface area contributed by atoms with Gasteiger partial charge in [0.2, 0.25) is 6.29 Å². The molecule has 0 saturated carbocycles. The Morgan fingerprint density at radius 3 is 2.08 bits per heavy atom. The van der Waals surface area contributed by atoms with Crippen LogP contribution < -0.4 is 4.74 Å². The maximum absolute atomic E-state index is 10.5. The molecule has 1 N–H and O–H groups in total. The second-order valence-electron chi connectivity index (χ2n) is 7.13. The number of aromatic hydroxyl groups is 1. The quantitative estimate of drug-likeness (QED) is 0.571. The summed E-state index contributed by atoms with van der Waals surface area (Å²) in [7, 11) is 0. The third-order valence-electron chi connectivity index (χ3n) is 5.26. The third kappa shape index (κ3) is 4.05. The highest BCUT2D eigenvalue weighted by atomic mass is 16.7. The topological polar surface area (TPSA) is 38.7 Å². The van der Waals surface area contributed by atoms with Crippen LogP contribution >= 0.6 is 0 Å². The Morgan fingerprint density at radius 2 is 1.46 bits per heavy atom. The molecule has 0 saturated heterocycles. The molecule has 2 rings (SSSR count). The van der Waals surface area contributed by atoms with E-state index >= 15 is 0 Å². The van der Waals surface area contributed by atoms with Gasteiger partial charge in [-0.05, 0) is 44.7 Å². The fourth-order valence-electron chi connectivity index (χ4n) is 3.56. The number of rotatable bonds is 8. The second kappa shape index (κ2) is 8.75. The molecule has 1 aliphatic heterocycles. The monoisotopic (exact) mass is 334 g/mol. The highest BCUT2D eigenvalue weighted by Crippen LogP contribution is 2.46. The Hall–Kier alpha value is -1.22. The van der Waals surface area contributed by atoms with Gasteiger partial charge in [0.25, 0.3) is 0 Å². The molecular weight excluding hydrogens is 300 g/mol. The molecular formula is C21H34O3. The van der Waals surface area contributed by atoms with E-state index in [9.17, 15) is 5.11 Å². The zero-order valence-electron chi connectivity index (χ0n) is 16.1. The van der Waals surface area contributed by atoms with Gasteiger partial charge >= 0.3 is 0 Å². The molecule has 3 nitrogen and oxygen atoms in total. The molecule has 3 heteroatoms. The fraction of sp³-hybridized carbons (Fsp3) is 0.714. The SMILES string of the molecule is CCCCCC1Oc2c(C)c(C)c(O)c(C)c2C(CCCCC)O1. The van der Waals surface area contributed by atoms with E-state index in [2.05, 4.69) is 13.8 Å². The van der Waals surface area contributed by atoms with Crippen molar-refractivity contribution in [3.8, 4) is 11.5 Å². The summed E-state index contributed by atoms with van der Waals surface area (Å²) in [5.74, 6) is 1.35. The molecule has 0 spiro atoms. The lowest BCUT2D eigenvalue weighted by Gasteiger charge is -2.35. The number of hydrogen-bond acceptors (Lipinski definition) is 3. The molecule has 0 aromatic heterocycles. The predicted octanol–water partition coefficient (Wildman–Crippen LogP) is 6.25. The number of hydrogen-bond donors (Lipinski definition) is 1. The van der Waals surface area contributed by atoms with E-state index in [-0.39, 0.29) is 12.4 Å². The summed E-state index contributed by atoms with van der Waals surface area (Å²) in [6, 6.07) is 0. The molecule has 0 bridgehead atoms. The number of phenolic OH excluding ortho intramolecular Hbond substituents is 1. The number of phenols is 1. The first kappa shape index (κ1) is 19.1. The average molecular weight is 335 g/mol. The van der Waals surface area contributed by atoms with Crippen LogP contribution in [0.5, 0.6) is 11.5 Å². The van der Waals surface area contributed by atoms with E-state index in [0.717, 1.165) is 53.7 Å². The summed E-state index contributed by atoms with van der Waals surface area (Å²) in [6.45, 7) is 10.4. The molecule has 0 amide bonds. The van der Waals surface area contributed by atoms with Crippen molar-refractivity contribution in [1.82, 2.24) is 0 Å². The van der Waals surface area contributed by atoms with E-state index in [1.165, 1.54) is 25.7 Å². The van der Waals surface area contributed by atoms with E-state index in [1.807, 2.05) is 20.8 Å². The normalized spacial score (nSPS) is 19.9.